The Balaban J connectivity index is 1.58. The molecule has 2 aromatic heterocycles. The van der Waals surface area contributed by atoms with Gasteiger partial charge in [0, 0.05) is 11.6 Å². The van der Waals surface area contributed by atoms with Crippen LogP contribution >= 0.6 is 11.3 Å². The van der Waals surface area contributed by atoms with E-state index >= 15 is 0 Å². The van der Waals surface area contributed by atoms with Gasteiger partial charge in [0.05, 0.1) is 28.8 Å². The SMILES string of the molecule is CC[C@@H](Oc1ccc(-c2noc(=O)[nH]2)c(OC)c1)c1sc(-c2ccc(C(F)(F)F)cc2)nc1C. The van der Waals surface area contributed by atoms with Crippen LogP contribution < -0.4 is 15.2 Å². The van der Waals surface area contributed by atoms with E-state index in [1.807, 2.05) is 13.8 Å². The third kappa shape index (κ3) is 4.84. The first-order chi connectivity index (χ1) is 16.2. The molecule has 0 spiro atoms. The molecule has 0 aliphatic carbocycles. The Bertz CT molecular complexity index is 1340. The van der Waals surface area contributed by atoms with E-state index in [1.54, 1.807) is 18.2 Å². The summed E-state index contributed by atoms with van der Waals surface area (Å²) in [6.45, 7) is 3.81. The van der Waals surface area contributed by atoms with Gasteiger partial charge in [-0.15, -0.1) is 11.3 Å². The summed E-state index contributed by atoms with van der Waals surface area (Å²) in [4.78, 5) is 19.2. The van der Waals surface area contributed by atoms with Gasteiger partial charge in [-0.1, -0.05) is 24.2 Å². The molecule has 34 heavy (non-hydrogen) atoms. The quantitative estimate of drug-likeness (QED) is 0.340. The minimum absolute atomic E-state index is 0.236. The topological polar surface area (TPSA) is 90.2 Å². The molecular weight excluding hydrogens is 471 g/mol. The van der Waals surface area contributed by atoms with Crippen LogP contribution in [0, 0.1) is 6.92 Å². The number of methoxy groups -OCH3 is 1. The van der Waals surface area contributed by atoms with E-state index < -0.39 is 17.5 Å². The monoisotopic (exact) mass is 491 g/mol. The van der Waals surface area contributed by atoms with Crippen molar-refractivity contribution in [3.05, 3.63) is 69.1 Å². The summed E-state index contributed by atoms with van der Waals surface area (Å²) in [6.07, 6.45) is -4.08. The Kier molecular flexibility index (Phi) is 6.47. The number of benzene rings is 2. The maximum atomic E-state index is 12.9. The number of ether oxygens (including phenoxy) is 2. The minimum Gasteiger partial charge on any atom is -0.496 e. The minimum atomic E-state index is -4.39. The normalized spacial score (nSPS) is 12.5. The average Bonchev–Trinajstić information content (AvgIpc) is 3.42. The van der Waals surface area contributed by atoms with Crippen LogP contribution in [0.1, 0.15) is 35.6 Å². The first kappa shape index (κ1) is 23.6. The number of halogens is 3. The number of nitrogens with zero attached hydrogens (tertiary/aromatic N) is 2. The second-order valence-corrected chi connectivity index (χ2v) is 8.39. The number of nitrogens with one attached hydrogen (secondary N) is 1. The highest BCUT2D eigenvalue weighted by molar-refractivity contribution is 7.15. The number of aromatic amines is 1. The first-order valence-corrected chi connectivity index (χ1v) is 11.1. The molecule has 2 aromatic carbocycles. The summed E-state index contributed by atoms with van der Waals surface area (Å²) >= 11 is 1.38. The van der Waals surface area contributed by atoms with E-state index in [0.29, 0.717) is 34.1 Å². The fraction of sp³-hybridized carbons (Fsp3) is 0.261. The zero-order chi connectivity index (χ0) is 24.5. The maximum Gasteiger partial charge on any atom is 0.439 e. The third-order valence-corrected chi connectivity index (χ3v) is 6.40. The van der Waals surface area contributed by atoms with Crippen molar-refractivity contribution in [3.8, 4) is 33.5 Å². The van der Waals surface area contributed by atoms with Gasteiger partial charge < -0.3 is 9.47 Å². The second-order valence-electron chi connectivity index (χ2n) is 7.36. The Morgan fingerprint density at radius 1 is 1.18 bits per heavy atom. The summed E-state index contributed by atoms with van der Waals surface area (Å²) < 4.78 is 54.8. The molecule has 1 N–H and O–H groups in total. The zero-order valence-electron chi connectivity index (χ0n) is 18.4. The number of rotatable bonds is 7. The molecule has 0 saturated carbocycles. The van der Waals surface area contributed by atoms with E-state index in [-0.39, 0.29) is 11.9 Å². The number of H-pyrrole nitrogens is 1. The molecule has 4 rings (SSSR count). The van der Waals surface area contributed by atoms with Crippen molar-refractivity contribution in [2.75, 3.05) is 7.11 Å². The summed E-state index contributed by atoms with van der Waals surface area (Å²) in [6, 6.07) is 10.0. The molecule has 11 heteroatoms. The number of aryl methyl sites for hydroxylation is 1. The summed E-state index contributed by atoms with van der Waals surface area (Å²) in [5, 5.41) is 4.29. The molecule has 0 aliphatic rings. The highest BCUT2D eigenvalue weighted by Gasteiger charge is 2.30. The Morgan fingerprint density at radius 3 is 2.50 bits per heavy atom. The summed E-state index contributed by atoms with van der Waals surface area (Å²) in [5.41, 5.74) is 1.18. The lowest BCUT2D eigenvalue weighted by atomic mass is 10.1. The number of hydrogen-bond donors (Lipinski definition) is 1. The average molecular weight is 491 g/mol. The van der Waals surface area contributed by atoms with Gasteiger partial charge in [0.15, 0.2) is 5.82 Å². The van der Waals surface area contributed by atoms with E-state index in [9.17, 15) is 18.0 Å². The predicted octanol–water partition coefficient (Wildman–Crippen LogP) is 6.02. The van der Waals surface area contributed by atoms with Crippen LogP contribution in [-0.4, -0.2) is 22.2 Å². The molecule has 0 saturated heterocycles. The van der Waals surface area contributed by atoms with Crippen LogP contribution in [0.2, 0.25) is 0 Å². The molecule has 1 atom stereocenters. The van der Waals surface area contributed by atoms with Crippen LogP contribution in [0.15, 0.2) is 51.8 Å². The largest absolute Gasteiger partial charge is 0.496 e. The van der Waals surface area contributed by atoms with E-state index in [4.69, 9.17) is 9.47 Å². The molecular formula is C23H20F3N3O4S. The van der Waals surface area contributed by atoms with Crippen LogP contribution in [0.25, 0.3) is 22.0 Å². The van der Waals surface area contributed by atoms with Crippen molar-refractivity contribution < 1.29 is 27.2 Å². The fourth-order valence-corrected chi connectivity index (χ4v) is 4.59. The van der Waals surface area contributed by atoms with E-state index in [0.717, 1.165) is 22.7 Å². The van der Waals surface area contributed by atoms with E-state index in [2.05, 4.69) is 19.6 Å². The van der Waals surface area contributed by atoms with Gasteiger partial charge >= 0.3 is 11.9 Å². The molecule has 178 valence electrons. The van der Waals surface area contributed by atoms with Gasteiger partial charge in [-0.3, -0.25) is 9.51 Å². The van der Waals surface area contributed by atoms with Crippen molar-refractivity contribution in [3.63, 3.8) is 0 Å². The van der Waals surface area contributed by atoms with Gasteiger partial charge in [0.25, 0.3) is 0 Å². The lowest BCUT2D eigenvalue weighted by molar-refractivity contribution is -0.137. The molecule has 0 aliphatic heterocycles. The van der Waals surface area contributed by atoms with Gasteiger partial charge in [0.1, 0.15) is 22.6 Å². The van der Waals surface area contributed by atoms with Gasteiger partial charge in [-0.25, -0.2) is 9.78 Å². The van der Waals surface area contributed by atoms with Crippen LogP contribution in [0.4, 0.5) is 13.2 Å². The van der Waals surface area contributed by atoms with Gasteiger partial charge in [0.2, 0.25) is 0 Å². The predicted molar refractivity (Wildman–Crippen MR) is 120 cm³/mol. The number of hydrogen-bond acceptors (Lipinski definition) is 7. The lowest BCUT2D eigenvalue weighted by Crippen LogP contribution is -2.06. The number of alkyl halides is 3. The molecule has 0 radical (unpaired) electrons. The third-order valence-electron chi connectivity index (χ3n) is 5.10. The molecule has 2 heterocycles. The molecule has 0 bridgehead atoms. The molecule has 0 amide bonds. The number of thiazole rings is 1. The van der Waals surface area contributed by atoms with Crippen LogP contribution in [-0.2, 0) is 6.18 Å². The second kappa shape index (κ2) is 9.34. The van der Waals surface area contributed by atoms with Crippen LogP contribution in [0.5, 0.6) is 11.5 Å². The van der Waals surface area contributed by atoms with Crippen molar-refractivity contribution >= 4 is 11.3 Å². The zero-order valence-corrected chi connectivity index (χ0v) is 19.2. The van der Waals surface area contributed by atoms with Crippen molar-refractivity contribution in [1.29, 1.82) is 0 Å². The maximum absolute atomic E-state index is 12.9. The Labute approximate surface area is 196 Å². The van der Waals surface area contributed by atoms with Crippen molar-refractivity contribution in [2.45, 2.75) is 32.5 Å². The lowest BCUT2D eigenvalue weighted by Gasteiger charge is -2.18. The van der Waals surface area contributed by atoms with Gasteiger partial charge in [-0.05, 0) is 37.6 Å². The van der Waals surface area contributed by atoms with Crippen molar-refractivity contribution in [1.82, 2.24) is 15.1 Å². The van der Waals surface area contributed by atoms with E-state index in [1.165, 1.54) is 30.6 Å². The van der Waals surface area contributed by atoms with Crippen LogP contribution in [0.3, 0.4) is 0 Å². The van der Waals surface area contributed by atoms with Crippen molar-refractivity contribution in [2.24, 2.45) is 0 Å². The fourth-order valence-electron chi connectivity index (χ4n) is 3.41. The Hall–Kier alpha value is -3.60. The smallest absolute Gasteiger partial charge is 0.439 e. The number of aromatic nitrogens is 3. The molecule has 4 aromatic rings. The molecule has 7 nitrogen and oxygen atoms in total. The van der Waals surface area contributed by atoms with Gasteiger partial charge in [-0.2, -0.15) is 13.2 Å². The summed E-state index contributed by atoms with van der Waals surface area (Å²) in [7, 11) is 1.49. The highest BCUT2D eigenvalue weighted by Crippen LogP contribution is 2.38. The molecule has 0 unspecified atom stereocenters. The standard InChI is InChI=1S/C23H20F3N3O4S/c1-4-17(32-15-9-10-16(18(11-15)31-3)20-28-22(30)33-29-20)19-12(2)27-21(34-19)13-5-7-14(8-6-13)23(24,25)26/h5-11,17H,4H2,1-3H3,(H,28,29,30)/t17-/m1/s1. The first-order valence-electron chi connectivity index (χ1n) is 10.3. The molecule has 0 fully saturated rings. The summed E-state index contributed by atoms with van der Waals surface area (Å²) in [5.74, 6) is 0.526. The Morgan fingerprint density at radius 2 is 1.91 bits per heavy atom. The highest BCUT2D eigenvalue weighted by atomic mass is 32.1.